The van der Waals surface area contributed by atoms with Crippen LogP contribution in [-0.4, -0.2) is 39.8 Å². The molecular formula is C20H20N4O3. The van der Waals surface area contributed by atoms with E-state index in [0.29, 0.717) is 23.5 Å². The van der Waals surface area contributed by atoms with Crippen LogP contribution in [0.1, 0.15) is 36.7 Å². The molecule has 3 aromatic rings. The summed E-state index contributed by atoms with van der Waals surface area (Å²) in [7, 11) is 0. The molecule has 27 heavy (non-hydrogen) atoms. The van der Waals surface area contributed by atoms with Crippen LogP contribution < -0.4 is 9.64 Å². The number of aromatic nitrogens is 3. The summed E-state index contributed by atoms with van der Waals surface area (Å²) in [6.45, 7) is 4.43. The number of hydrogen-bond acceptors (Lipinski definition) is 5. The molecule has 1 atom stereocenters. The van der Waals surface area contributed by atoms with Crippen LogP contribution in [0.3, 0.4) is 0 Å². The first-order valence-electron chi connectivity index (χ1n) is 9.01. The number of para-hydroxylation sites is 1. The van der Waals surface area contributed by atoms with Crippen LogP contribution in [0.25, 0.3) is 11.0 Å². The minimum atomic E-state index is -0.518. The fraction of sp³-hybridized carbons (Fsp3) is 0.300. The first kappa shape index (κ1) is 17.2. The van der Waals surface area contributed by atoms with Gasteiger partial charge in [-0.15, -0.1) is 5.10 Å². The highest BCUT2D eigenvalue weighted by Gasteiger charge is 2.27. The van der Waals surface area contributed by atoms with Gasteiger partial charge in [0.05, 0.1) is 11.2 Å². The summed E-state index contributed by atoms with van der Waals surface area (Å²) in [5, 5.41) is 8.26. The average molecular weight is 364 g/mol. The molecule has 138 valence electrons. The number of benzene rings is 2. The molecule has 1 aromatic heterocycles. The molecule has 0 saturated carbocycles. The van der Waals surface area contributed by atoms with Crippen molar-refractivity contribution in [2.75, 3.05) is 18.1 Å². The predicted octanol–water partition coefficient (Wildman–Crippen LogP) is 3.01. The Morgan fingerprint density at radius 1 is 1.26 bits per heavy atom. The van der Waals surface area contributed by atoms with E-state index < -0.39 is 6.04 Å². The first-order valence-corrected chi connectivity index (χ1v) is 9.01. The Balaban J connectivity index is 1.69. The molecule has 1 aliphatic rings. The molecule has 0 fully saturated rings. The second kappa shape index (κ2) is 6.83. The van der Waals surface area contributed by atoms with Crippen LogP contribution in [0.5, 0.6) is 5.75 Å². The van der Waals surface area contributed by atoms with Gasteiger partial charge >= 0.3 is 0 Å². The second-order valence-electron chi connectivity index (χ2n) is 6.58. The van der Waals surface area contributed by atoms with E-state index in [1.807, 2.05) is 31.2 Å². The van der Waals surface area contributed by atoms with Crippen LogP contribution in [-0.2, 0) is 4.79 Å². The summed E-state index contributed by atoms with van der Waals surface area (Å²) in [4.78, 5) is 27.0. The van der Waals surface area contributed by atoms with E-state index in [1.54, 1.807) is 34.7 Å². The van der Waals surface area contributed by atoms with Crippen molar-refractivity contribution >= 4 is 28.4 Å². The number of rotatable bonds is 5. The standard InChI is InChI=1S/C20H20N4O3/c1-3-10-23-17-11-14(8-9-18(17)27-12-19(23)25)20(26)13(2)24-16-7-5-4-6-15(16)21-22-24/h4-9,11,13H,3,10,12H2,1-2H3. The second-order valence-corrected chi connectivity index (χ2v) is 6.58. The van der Waals surface area contributed by atoms with Crippen molar-refractivity contribution in [1.82, 2.24) is 15.0 Å². The highest BCUT2D eigenvalue weighted by atomic mass is 16.5. The summed E-state index contributed by atoms with van der Waals surface area (Å²) in [6.07, 6.45) is 0.824. The molecule has 1 amide bonds. The van der Waals surface area contributed by atoms with E-state index in [4.69, 9.17) is 4.74 Å². The van der Waals surface area contributed by atoms with Crippen LogP contribution in [0.2, 0.25) is 0 Å². The Morgan fingerprint density at radius 2 is 2.07 bits per heavy atom. The Hall–Kier alpha value is -3.22. The molecule has 1 unspecified atom stereocenters. The maximum Gasteiger partial charge on any atom is 0.265 e. The van der Waals surface area contributed by atoms with E-state index in [9.17, 15) is 9.59 Å². The third-order valence-electron chi connectivity index (χ3n) is 4.76. The minimum Gasteiger partial charge on any atom is -0.482 e. The van der Waals surface area contributed by atoms with Gasteiger partial charge in [-0.3, -0.25) is 9.59 Å². The molecule has 2 heterocycles. The number of hydrogen-bond donors (Lipinski definition) is 0. The quantitative estimate of drug-likeness (QED) is 0.651. The van der Waals surface area contributed by atoms with Gasteiger partial charge in [0.15, 0.2) is 12.4 Å². The summed E-state index contributed by atoms with van der Waals surface area (Å²) in [5.74, 6) is 0.436. The highest BCUT2D eigenvalue weighted by Crippen LogP contribution is 2.34. The highest BCUT2D eigenvalue weighted by molar-refractivity contribution is 6.03. The van der Waals surface area contributed by atoms with Gasteiger partial charge < -0.3 is 9.64 Å². The molecular weight excluding hydrogens is 344 g/mol. The zero-order valence-corrected chi connectivity index (χ0v) is 15.3. The van der Waals surface area contributed by atoms with E-state index in [2.05, 4.69) is 10.3 Å². The topological polar surface area (TPSA) is 77.3 Å². The van der Waals surface area contributed by atoms with Crippen molar-refractivity contribution in [2.45, 2.75) is 26.3 Å². The van der Waals surface area contributed by atoms with Crippen molar-refractivity contribution in [3.63, 3.8) is 0 Å². The Bertz CT molecular complexity index is 1030. The zero-order chi connectivity index (χ0) is 19.0. The molecule has 0 N–H and O–H groups in total. The number of Topliss-reactive ketones (excluding diaryl/α,β-unsaturated/α-hetero) is 1. The molecule has 2 aromatic carbocycles. The predicted molar refractivity (Wildman–Crippen MR) is 101 cm³/mol. The number of ketones is 1. The number of ether oxygens (including phenoxy) is 1. The van der Waals surface area contributed by atoms with Gasteiger partial charge in [0.25, 0.3) is 5.91 Å². The lowest BCUT2D eigenvalue weighted by atomic mass is 10.0. The molecule has 0 aliphatic carbocycles. The monoisotopic (exact) mass is 364 g/mol. The normalized spacial score (nSPS) is 14.7. The van der Waals surface area contributed by atoms with Crippen molar-refractivity contribution in [1.29, 1.82) is 0 Å². The number of carbonyl (C=O) groups excluding carboxylic acids is 2. The molecule has 0 saturated heterocycles. The zero-order valence-electron chi connectivity index (χ0n) is 15.3. The fourth-order valence-corrected chi connectivity index (χ4v) is 3.35. The molecule has 0 radical (unpaired) electrons. The van der Waals surface area contributed by atoms with Crippen molar-refractivity contribution in [3.05, 3.63) is 48.0 Å². The lowest BCUT2D eigenvalue weighted by molar-refractivity contribution is -0.121. The smallest absolute Gasteiger partial charge is 0.265 e. The first-order chi connectivity index (χ1) is 13.1. The number of nitrogens with zero attached hydrogens (tertiary/aromatic N) is 4. The Morgan fingerprint density at radius 3 is 2.89 bits per heavy atom. The SMILES string of the molecule is CCCN1C(=O)COc2ccc(C(=O)C(C)n3nnc4ccccc43)cc21. The number of carbonyl (C=O) groups is 2. The molecule has 4 rings (SSSR count). The van der Waals surface area contributed by atoms with Crippen LogP contribution in [0.4, 0.5) is 5.69 Å². The van der Waals surface area contributed by atoms with E-state index in [0.717, 1.165) is 17.5 Å². The third kappa shape index (κ3) is 2.95. The summed E-state index contributed by atoms with van der Waals surface area (Å²) in [6, 6.07) is 12.2. The number of fused-ring (bicyclic) bond motifs is 2. The van der Waals surface area contributed by atoms with Gasteiger partial charge in [-0.1, -0.05) is 24.3 Å². The lowest BCUT2D eigenvalue weighted by Gasteiger charge is -2.29. The van der Waals surface area contributed by atoms with E-state index in [-0.39, 0.29) is 18.3 Å². The minimum absolute atomic E-state index is 0.0294. The summed E-state index contributed by atoms with van der Waals surface area (Å²) in [5.41, 5.74) is 2.72. The summed E-state index contributed by atoms with van der Waals surface area (Å²) < 4.78 is 7.13. The van der Waals surface area contributed by atoms with Gasteiger partial charge in [-0.05, 0) is 43.7 Å². The molecule has 7 heteroatoms. The Labute approximate surface area is 156 Å². The fourth-order valence-electron chi connectivity index (χ4n) is 3.35. The van der Waals surface area contributed by atoms with Gasteiger partial charge in [0.1, 0.15) is 17.3 Å². The lowest BCUT2D eigenvalue weighted by Crippen LogP contribution is -2.39. The van der Waals surface area contributed by atoms with Gasteiger partial charge in [-0.25, -0.2) is 4.68 Å². The molecule has 1 aliphatic heterocycles. The van der Waals surface area contributed by atoms with Gasteiger partial charge in [0.2, 0.25) is 0 Å². The average Bonchev–Trinajstić information content (AvgIpc) is 3.13. The van der Waals surface area contributed by atoms with Gasteiger partial charge in [0, 0.05) is 12.1 Å². The summed E-state index contributed by atoms with van der Waals surface area (Å²) >= 11 is 0. The van der Waals surface area contributed by atoms with Crippen LogP contribution in [0.15, 0.2) is 42.5 Å². The number of anilines is 1. The molecule has 0 spiro atoms. The maximum absolute atomic E-state index is 13.1. The molecule has 0 bridgehead atoms. The van der Waals surface area contributed by atoms with E-state index >= 15 is 0 Å². The third-order valence-corrected chi connectivity index (χ3v) is 4.76. The van der Waals surface area contributed by atoms with Crippen molar-refractivity contribution < 1.29 is 14.3 Å². The largest absolute Gasteiger partial charge is 0.482 e. The van der Waals surface area contributed by atoms with Crippen LogP contribution in [0, 0.1) is 0 Å². The van der Waals surface area contributed by atoms with Crippen LogP contribution >= 0.6 is 0 Å². The van der Waals surface area contributed by atoms with Crippen molar-refractivity contribution in [2.24, 2.45) is 0 Å². The number of amides is 1. The maximum atomic E-state index is 13.1. The van der Waals surface area contributed by atoms with Gasteiger partial charge in [-0.2, -0.15) is 0 Å². The Kier molecular flexibility index (Phi) is 4.35. The van der Waals surface area contributed by atoms with E-state index in [1.165, 1.54) is 0 Å². The molecule has 7 nitrogen and oxygen atoms in total. The van der Waals surface area contributed by atoms with Crippen molar-refractivity contribution in [3.8, 4) is 5.75 Å².